The summed E-state index contributed by atoms with van der Waals surface area (Å²) >= 11 is 5.92. The van der Waals surface area contributed by atoms with Crippen molar-refractivity contribution in [3.05, 3.63) is 89.2 Å². The van der Waals surface area contributed by atoms with Crippen LogP contribution in [0.4, 0.5) is 15.8 Å². The predicted octanol–water partition coefficient (Wildman–Crippen LogP) is 4.65. The molecule has 5 nitrogen and oxygen atoms in total. The van der Waals surface area contributed by atoms with Gasteiger partial charge in [-0.15, -0.1) is 0 Å². The fraction of sp³-hybridized carbons (Fsp3) is 0.174. The summed E-state index contributed by atoms with van der Waals surface area (Å²) in [7, 11) is -4.10. The highest BCUT2D eigenvalue weighted by Gasteiger charge is 2.34. The highest BCUT2D eigenvalue weighted by molar-refractivity contribution is 7.92. The van der Waals surface area contributed by atoms with Gasteiger partial charge in [-0.2, -0.15) is 0 Å². The van der Waals surface area contributed by atoms with Crippen LogP contribution in [-0.4, -0.2) is 26.9 Å². The lowest BCUT2D eigenvalue weighted by molar-refractivity contribution is -0.117. The number of benzene rings is 3. The van der Waals surface area contributed by atoms with E-state index in [1.807, 2.05) is 31.2 Å². The molecule has 0 N–H and O–H groups in total. The van der Waals surface area contributed by atoms with Gasteiger partial charge in [0, 0.05) is 11.7 Å². The number of halogens is 2. The second-order valence-electron chi connectivity index (χ2n) is 7.37. The molecular weight excluding hydrogens is 439 g/mol. The van der Waals surface area contributed by atoms with E-state index < -0.39 is 22.4 Å². The van der Waals surface area contributed by atoms with Gasteiger partial charge in [0.15, 0.2) is 0 Å². The summed E-state index contributed by atoms with van der Waals surface area (Å²) in [4.78, 5) is 15.0. The van der Waals surface area contributed by atoms with Crippen molar-refractivity contribution in [2.45, 2.75) is 24.3 Å². The molecule has 160 valence electrons. The number of fused-ring (bicyclic) bond motifs is 1. The number of anilines is 2. The Morgan fingerprint density at radius 1 is 1.10 bits per heavy atom. The SMILES string of the molecule is C[C@@H]1Cc2ccccc2N1C(=O)CN(c1ccc(F)c(Cl)c1)S(=O)(=O)c1ccccc1. The van der Waals surface area contributed by atoms with Crippen molar-refractivity contribution < 1.29 is 17.6 Å². The van der Waals surface area contributed by atoms with Crippen LogP contribution in [0.25, 0.3) is 0 Å². The molecule has 0 radical (unpaired) electrons. The van der Waals surface area contributed by atoms with Gasteiger partial charge in [0.1, 0.15) is 12.4 Å². The maximum absolute atomic E-state index is 13.7. The zero-order chi connectivity index (χ0) is 22.2. The van der Waals surface area contributed by atoms with Crippen molar-refractivity contribution in [3.8, 4) is 0 Å². The molecule has 1 amide bonds. The molecule has 0 unspecified atom stereocenters. The summed E-state index contributed by atoms with van der Waals surface area (Å²) in [6, 6.07) is 18.9. The van der Waals surface area contributed by atoms with Gasteiger partial charge in [-0.1, -0.05) is 48.0 Å². The molecule has 3 aromatic rings. The minimum Gasteiger partial charge on any atom is -0.307 e. The summed E-state index contributed by atoms with van der Waals surface area (Å²) in [5.74, 6) is -1.05. The van der Waals surface area contributed by atoms with Crippen molar-refractivity contribution in [1.82, 2.24) is 0 Å². The van der Waals surface area contributed by atoms with Gasteiger partial charge in [0.05, 0.1) is 15.6 Å². The van der Waals surface area contributed by atoms with Crippen LogP contribution in [0.5, 0.6) is 0 Å². The van der Waals surface area contributed by atoms with Crippen LogP contribution in [-0.2, 0) is 21.2 Å². The number of amides is 1. The Hall–Kier alpha value is -2.90. The lowest BCUT2D eigenvalue weighted by Crippen LogP contribution is -2.45. The number of sulfonamides is 1. The lowest BCUT2D eigenvalue weighted by atomic mass is 10.1. The van der Waals surface area contributed by atoms with Crippen LogP contribution < -0.4 is 9.21 Å². The van der Waals surface area contributed by atoms with Gasteiger partial charge in [-0.05, 0) is 55.3 Å². The van der Waals surface area contributed by atoms with E-state index >= 15 is 0 Å². The molecule has 0 spiro atoms. The van der Waals surface area contributed by atoms with Crippen molar-refractivity contribution >= 4 is 38.9 Å². The first-order valence-corrected chi connectivity index (χ1v) is 11.5. The van der Waals surface area contributed by atoms with Gasteiger partial charge in [0.25, 0.3) is 10.0 Å². The molecule has 0 bridgehead atoms. The third-order valence-electron chi connectivity index (χ3n) is 5.28. The Morgan fingerprint density at radius 2 is 1.77 bits per heavy atom. The van der Waals surface area contributed by atoms with Gasteiger partial charge in [-0.25, -0.2) is 12.8 Å². The Kier molecular flexibility index (Phi) is 5.73. The summed E-state index contributed by atoms with van der Waals surface area (Å²) < 4.78 is 41.6. The van der Waals surface area contributed by atoms with E-state index in [1.54, 1.807) is 23.1 Å². The number of para-hydroxylation sites is 1. The molecule has 1 heterocycles. The van der Waals surface area contributed by atoms with Crippen LogP contribution in [0, 0.1) is 5.82 Å². The standard InChI is InChI=1S/C23H20ClFN2O3S/c1-16-13-17-7-5-6-10-22(17)27(16)23(28)15-26(18-11-12-21(25)20(24)14-18)31(29,30)19-8-3-2-4-9-19/h2-12,14,16H,13,15H2,1H3/t16-/m1/s1. The summed E-state index contributed by atoms with van der Waals surface area (Å²) in [6.45, 7) is 1.47. The number of carbonyl (C=O) groups excluding carboxylic acids is 1. The van der Waals surface area contributed by atoms with E-state index in [9.17, 15) is 17.6 Å². The maximum atomic E-state index is 13.7. The third kappa shape index (κ3) is 4.03. The molecular formula is C23H20ClFN2O3S. The Bertz CT molecular complexity index is 1230. The average Bonchev–Trinajstić information content (AvgIpc) is 3.10. The zero-order valence-corrected chi connectivity index (χ0v) is 18.3. The third-order valence-corrected chi connectivity index (χ3v) is 7.35. The van der Waals surface area contributed by atoms with Crippen LogP contribution in [0.3, 0.4) is 0 Å². The maximum Gasteiger partial charge on any atom is 0.264 e. The lowest BCUT2D eigenvalue weighted by Gasteiger charge is -2.29. The molecule has 1 atom stereocenters. The minimum atomic E-state index is -4.10. The molecule has 3 aromatic carbocycles. The van der Waals surface area contributed by atoms with E-state index in [-0.39, 0.29) is 27.6 Å². The largest absolute Gasteiger partial charge is 0.307 e. The zero-order valence-electron chi connectivity index (χ0n) is 16.7. The number of hydrogen-bond donors (Lipinski definition) is 0. The Morgan fingerprint density at radius 3 is 2.48 bits per heavy atom. The summed E-state index contributed by atoms with van der Waals surface area (Å²) in [6.07, 6.45) is 0.690. The second kappa shape index (κ2) is 8.32. The van der Waals surface area contributed by atoms with Gasteiger partial charge >= 0.3 is 0 Å². The Balaban J connectivity index is 1.75. The number of nitrogens with zero attached hydrogens (tertiary/aromatic N) is 2. The average molecular weight is 459 g/mol. The second-order valence-corrected chi connectivity index (χ2v) is 9.64. The Labute approximate surface area is 185 Å². The molecule has 0 saturated carbocycles. The fourth-order valence-electron chi connectivity index (χ4n) is 3.82. The highest BCUT2D eigenvalue weighted by Crippen LogP contribution is 2.33. The molecule has 0 saturated heterocycles. The van der Waals surface area contributed by atoms with E-state index in [0.29, 0.717) is 6.42 Å². The first-order valence-electron chi connectivity index (χ1n) is 9.72. The molecule has 1 aliphatic heterocycles. The van der Waals surface area contributed by atoms with Crippen molar-refractivity contribution in [1.29, 1.82) is 0 Å². The van der Waals surface area contributed by atoms with Crippen LogP contribution in [0.1, 0.15) is 12.5 Å². The van der Waals surface area contributed by atoms with Gasteiger partial charge in [-0.3, -0.25) is 9.10 Å². The number of rotatable bonds is 5. The molecule has 0 aromatic heterocycles. The molecule has 8 heteroatoms. The van der Waals surface area contributed by atoms with Crippen LogP contribution >= 0.6 is 11.6 Å². The smallest absolute Gasteiger partial charge is 0.264 e. The normalized spacial score (nSPS) is 15.6. The van der Waals surface area contributed by atoms with Crippen molar-refractivity contribution in [2.75, 3.05) is 15.7 Å². The van der Waals surface area contributed by atoms with Gasteiger partial charge < -0.3 is 4.90 Å². The van der Waals surface area contributed by atoms with Crippen LogP contribution in [0.2, 0.25) is 5.02 Å². The predicted molar refractivity (Wildman–Crippen MR) is 119 cm³/mol. The number of hydrogen-bond acceptors (Lipinski definition) is 3. The molecule has 1 aliphatic rings. The molecule has 0 fully saturated rings. The highest BCUT2D eigenvalue weighted by atomic mass is 35.5. The minimum absolute atomic E-state index is 0.0260. The first kappa shape index (κ1) is 21.3. The fourth-order valence-corrected chi connectivity index (χ4v) is 5.42. The number of carbonyl (C=O) groups is 1. The quantitative estimate of drug-likeness (QED) is 0.559. The molecule has 31 heavy (non-hydrogen) atoms. The topological polar surface area (TPSA) is 57.7 Å². The van der Waals surface area contributed by atoms with Gasteiger partial charge in [0.2, 0.25) is 5.91 Å². The monoisotopic (exact) mass is 458 g/mol. The van der Waals surface area contributed by atoms with E-state index in [1.165, 1.54) is 24.3 Å². The first-order chi connectivity index (χ1) is 14.8. The van der Waals surface area contributed by atoms with E-state index in [4.69, 9.17) is 11.6 Å². The van der Waals surface area contributed by atoms with Crippen LogP contribution in [0.15, 0.2) is 77.7 Å². The summed E-state index contributed by atoms with van der Waals surface area (Å²) in [5.41, 5.74) is 1.92. The molecule has 0 aliphatic carbocycles. The summed E-state index contributed by atoms with van der Waals surface area (Å²) in [5, 5.41) is -0.224. The van der Waals surface area contributed by atoms with Crippen molar-refractivity contribution in [2.24, 2.45) is 0 Å². The molecule has 4 rings (SSSR count). The van der Waals surface area contributed by atoms with E-state index in [2.05, 4.69) is 0 Å². The van der Waals surface area contributed by atoms with E-state index in [0.717, 1.165) is 21.6 Å². The van der Waals surface area contributed by atoms with Crippen molar-refractivity contribution in [3.63, 3.8) is 0 Å².